The van der Waals surface area contributed by atoms with Crippen molar-refractivity contribution in [3.05, 3.63) is 125 Å². The first-order valence-electron chi connectivity index (χ1n) is 21.1. The lowest BCUT2D eigenvalue weighted by molar-refractivity contribution is -0.144. The van der Waals surface area contributed by atoms with Crippen molar-refractivity contribution in [2.75, 3.05) is 25.6 Å². The van der Waals surface area contributed by atoms with Crippen molar-refractivity contribution in [2.45, 2.75) is 65.3 Å². The van der Waals surface area contributed by atoms with Crippen LogP contribution in [0.4, 0.5) is 5.69 Å². The second-order valence-electron chi connectivity index (χ2n) is 17.1. The molecule has 0 aliphatic carbocycles. The molecular formula is C50H50N6O7S. The predicted octanol–water partition coefficient (Wildman–Crippen LogP) is 7.21. The molecule has 1 fully saturated rings. The van der Waals surface area contributed by atoms with Crippen LogP contribution >= 0.6 is 11.3 Å². The number of aliphatic hydroxyl groups is 1. The van der Waals surface area contributed by atoms with Crippen molar-refractivity contribution in [1.82, 2.24) is 25.5 Å². The summed E-state index contributed by atoms with van der Waals surface area (Å²) in [5.41, 5.74) is 10.1. The lowest BCUT2D eigenvalue weighted by Crippen LogP contribution is -2.58. The Kier molecular flexibility index (Phi) is 12.6. The van der Waals surface area contributed by atoms with Crippen molar-refractivity contribution in [3.8, 4) is 55.6 Å². The van der Waals surface area contributed by atoms with Crippen LogP contribution in [0.25, 0.3) is 44.1 Å². The lowest BCUT2D eigenvalue weighted by Gasteiger charge is -2.35. The Morgan fingerprint density at radius 3 is 2.38 bits per heavy atom. The van der Waals surface area contributed by atoms with Crippen LogP contribution in [0.5, 0.6) is 11.5 Å². The van der Waals surface area contributed by atoms with Gasteiger partial charge in [-0.2, -0.15) is 0 Å². The van der Waals surface area contributed by atoms with Crippen LogP contribution in [0.3, 0.4) is 0 Å². The minimum atomic E-state index is -1.04. The quantitative estimate of drug-likeness (QED) is 0.0992. The molecule has 2 aromatic heterocycles. The van der Waals surface area contributed by atoms with Gasteiger partial charge >= 0.3 is 0 Å². The third kappa shape index (κ3) is 9.38. The van der Waals surface area contributed by atoms with Gasteiger partial charge in [0.05, 0.1) is 52.8 Å². The molecule has 0 saturated carbocycles. The van der Waals surface area contributed by atoms with Crippen molar-refractivity contribution in [2.24, 2.45) is 5.41 Å². The number of nitrogens with zero attached hydrogens (tertiary/aromatic N) is 3. The van der Waals surface area contributed by atoms with E-state index in [-0.39, 0.29) is 31.8 Å². The molecule has 0 spiro atoms. The molecule has 13 nitrogen and oxygen atoms in total. The van der Waals surface area contributed by atoms with E-state index >= 15 is 0 Å². The molecule has 3 atom stereocenters. The fourth-order valence-electron chi connectivity index (χ4n) is 8.22. The summed E-state index contributed by atoms with van der Waals surface area (Å²) in [6.45, 7) is 7.18. The number of hydrogen-bond acceptors (Lipinski definition) is 10. The van der Waals surface area contributed by atoms with Gasteiger partial charge in [-0.1, -0.05) is 99.6 Å². The van der Waals surface area contributed by atoms with E-state index in [0.29, 0.717) is 22.9 Å². The molecule has 4 aromatic carbocycles. The molecule has 0 radical (unpaired) electrons. The number of aliphatic hydroxyl groups excluding tert-OH is 1. The molecule has 2 aliphatic heterocycles. The molecule has 328 valence electrons. The second-order valence-corrected chi connectivity index (χ2v) is 18.0. The van der Waals surface area contributed by atoms with Crippen molar-refractivity contribution >= 4 is 40.7 Å². The van der Waals surface area contributed by atoms with E-state index in [1.807, 2.05) is 124 Å². The molecule has 14 heteroatoms. The van der Waals surface area contributed by atoms with E-state index in [2.05, 4.69) is 20.9 Å². The monoisotopic (exact) mass is 878 g/mol. The summed E-state index contributed by atoms with van der Waals surface area (Å²) in [6.07, 6.45) is -0.737. The van der Waals surface area contributed by atoms with Gasteiger partial charge in [0.25, 0.3) is 5.91 Å². The highest BCUT2D eigenvalue weighted by Crippen LogP contribution is 2.42. The summed E-state index contributed by atoms with van der Waals surface area (Å²) in [5.74, 6) is -0.951. The van der Waals surface area contributed by atoms with Gasteiger partial charge in [-0.25, -0.2) is 9.97 Å². The number of anilines is 1. The van der Waals surface area contributed by atoms with Crippen molar-refractivity contribution in [3.63, 3.8) is 0 Å². The average Bonchev–Trinajstić information content (AvgIpc) is 3.87. The zero-order valence-corrected chi connectivity index (χ0v) is 37.1. The van der Waals surface area contributed by atoms with Crippen LogP contribution in [0.2, 0.25) is 0 Å². The van der Waals surface area contributed by atoms with E-state index < -0.39 is 47.9 Å². The van der Waals surface area contributed by atoms with E-state index in [4.69, 9.17) is 14.5 Å². The number of hydrogen-bond donors (Lipinski definition) is 4. The van der Waals surface area contributed by atoms with Crippen LogP contribution in [-0.4, -0.2) is 82.1 Å². The average molecular weight is 879 g/mol. The van der Waals surface area contributed by atoms with E-state index in [9.17, 15) is 24.3 Å². The van der Waals surface area contributed by atoms with Gasteiger partial charge in [0.15, 0.2) is 18.1 Å². The zero-order chi connectivity index (χ0) is 45.1. The number of amides is 4. The maximum atomic E-state index is 14.2. The summed E-state index contributed by atoms with van der Waals surface area (Å²) < 4.78 is 11.8. The fourth-order valence-corrected chi connectivity index (χ4v) is 9.03. The number of likely N-dealkylation sites (tertiary alicyclic amines) is 1. The highest BCUT2D eigenvalue weighted by Gasteiger charge is 2.44. The number of nitrogens with one attached hydrogen (secondary N) is 3. The summed E-state index contributed by atoms with van der Waals surface area (Å²) in [4.78, 5) is 66.5. The molecule has 0 bridgehead atoms. The SMILES string of the molecule is COc1cc(-c2cc(-c3ccccc3)nc3c2CC(=O)Nc2ccccc2-3)ccc1OCC(=O)N[C@H](C(=O)N1C[C@H](O)C[C@H]1C(=O)NCc1ccc(-c2scnc2C)cc1)C(C)(C)C. The number of methoxy groups -OCH3 is 1. The first-order chi connectivity index (χ1) is 30.8. The molecule has 4 N–H and O–H groups in total. The van der Waals surface area contributed by atoms with Crippen LogP contribution in [-0.2, 0) is 32.1 Å². The van der Waals surface area contributed by atoms with E-state index in [0.717, 1.165) is 55.2 Å². The molecule has 6 aromatic rings. The molecule has 1 saturated heterocycles. The molecule has 2 aliphatic rings. The summed E-state index contributed by atoms with van der Waals surface area (Å²) in [7, 11) is 1.50. The first kappa shape index (κ1) is 43.7. The second kappa shape index (κ2) is 18.4. The van der Waals surface area contributed by atoms with Gasteiger partial charge < -0.3 is 35.4 Å². The minimum Gasteiger partial charge on any atom is -0.493 e. The zero-order valence-electron chi connectivity index (χ0n) is 36.3. The van der Waals surface area contributed by atoms with Gasteiger partial charge in [0, 0.05) is 30.6 Å². The number of benzene rings is 4. The molecule has 0 unspecified atom stereocenters. The number of β-amino-alcohol motifs (C(OH)–C–C–N with tert-alkyl or cyclic N) is 1. The topological polar surface area (TPSA) is 172 Å². The van der Waals surface area contributed by atoms with Crippen molar-refractivity contribution < 1.29 is 33.8 Å². The van der Waals surface area contributed by atoms with Gasteiger partial charge in [-0.05, 0) is 64.4 Å². The smallest absolute Gasteiger partial charge is 0.258 e. The number of aromatic nitrogens is 2. The van der Waals surface area contributed by atoms with Crippen LogP contribution in [0.15, 0.2) is 109 Å². The van der Waals surface area contributed by atoms with Gasteiger partial charge in [-0.3, -0.25) is 19.2 Å². The number of pyridine rings is 1. The Hall–Kier alpha value is -6.90. The number of rotatable bonds is 12. The van der Waals surface area contributed by atoms with Gasteiger partial charge in [-0.15, -0.1) is 11.3 Å². The highest BCUT2D eigenvalue weighted by molar-refractivity contribution is 7.13. The fraction of sp³-hybridized carbons (Fsp3) is 0.280. The molecule has 8 rings (SSSR count). The van der Waals surface area contributed by atoms with E-state index in [1.165, 1.54) is 12.0 Å². The van der Waals surface area contributed by atoms with Gasteiger partial charge in [0.2, 0.25) is 17.7 Å². The highest BCUT2D eigenvalue weighted by atomic mass is 32.1. The third-order valence-corrected chi connectivity index (χ3v) is 12.5. The number of carbonyl (C=O) groups excluding carboxylic acids is 4. The standard InChI is InChI=1S/C50H50N6O7S/c1-29-46(64-28-52-29)32-17-15-30(16-18-32)25-51-48(60)40-22-34(57)26-56(40)49(61)47(50(2,3)4)55-44(59)27-63-41-20-19-33(21-42(41)62-5)36-23-39(31-11-7-6-8-12-31)54-45-35-13-9-10-14-38(35)53-43(58)24-37(36)45/h6-21,23,28,34,40,47,57H,22,24-27H2,1-5H3,(H,51,60)(H,53,58)(H,55,59)/t34-,40+,47-/m1/s1. The summed E-state index contributed by atoms with van der Waals surface area (Å²) >= 11 is 1.57. The van der Waals surface area contributed by atoms with E-state index in [1.54, 1.807) is 23.5 Å². The molecule has 64 heavy (non-hydrogen) atoms. The Bertz CT molecular complexity index is 2710. The van der Waals surface area contributed by atoms with Crippen LogP contribution < -0.4 is 25.4 Å². The Labute approximate surface area is 375 Å². The molecule has 4 amide bonds. The Morgan fingerprint density at radius 1 is 0.922 bits per heavy atom. The lowest BCUT2D eigenvalue weighted by atomic mass is 9.85. The number of para-hydroxylation sites is 1. The number of carbonyl (C=O) groups is 4. The predicted molar refractivity (Wildman–Crippen MR) is 247 cm³/mol. The summed E-state index contributed by atoms with van der Waals surface area (Å²) in [5, 5.41) is 19.5. The van der Waals surface area contributed by atoms with Crippen molar-refractivity contribution in [1.29, 1.82) is 0 Å². The van der Waals surface area contributed by atoms with Crippen LogP contribution in [0, 0.1) is 12.3 Å². The Balaban J connectivity index is 0.968. The maximum absolute atomic E-state index is 14.2. The number of ether oxygens (including phenoxy) is 2. The number of aryl methyl sites for hydroxylation is 1. The third-order valence-electron chi connectivity index (χ3n) is 11.5. The van der Waals surface area contributed by atoms with Crippen LogP contribution in [0.1, 0.15) is 44.0 Å². The minimum absolute atomic E-state index is 0.0486. The van der Waals surface area contributed by atoms with Gasteiger partial charge in [0.1, 0.15) is 12.1 Å². The number of thiazole rings is 1. The number of fused-ring (bicyclic) bond motifs is 3. The normalized spacial score (nSPS) is 16.2. The molecule has 4 heterocycles. The first-order valence-corrected chi connectivity index (χ1v) is 22.0. The largest absolute Gasteiger partial charge is 0.493 e. The summed E-state index contributed by atoms with van der Waals surface area (Å²) in [6, 6.07) is 30.6. The maximum Gasteiger partial charge on any atom is 0.258 e. The molecular weight excluding hydrogens is 829 g/mol. The Morgan fingerprint density at radius 2 is 1.66 bits per heavy atom.